The first kappa shape index (κ1) is 26.0. The third-order valence-corrected chi connectivity index (χ3v) is 4.88. The summed E-state index contributed by atoms with van der Waals surface area (Å²) in [4.78, 5) is 39.6. The van der Waals surface area contributed by atoms with E-state index >= 15 is 0 Å². The van der Waals surface area contributed by atoms with Crippen LogP contribution in [0.1, 0.15) is 40.5 Å². The van der Waals surface area contributed by atoms with Crippen molar-refractivity contribution in [3.8, 4) is 0 Å². The predicted molar refractivity (Wildman–Crippen MR) is 96.4 cm³/mol. The lowest BCUT2D eigenvalue weighted by molar-refractivity contribution is -0.191. The SMILES string of the molecule is CCC(C)C(C(=O)N(C)C(C(=O)OCC(F)(F)F)C(C)CC)N(C)C(=O)OC. The molecule has 0 aromatic carbocycles. The van der Waals surface area contributed by atoms with Crippen LogP contribution in [-0.4, -0.2) is 73.8 Å². The van der Waals surface area contributed by atoms with Crippen LogP contribution in [0.25, 0.3) is 0 Å². The van der Waals surface area contributed by atoms with E-state index in [1.54, 1.807) is 20.8 Å². The van der Waals surface area contributed by atoms with Gasteiger partial charge in [-0.2, -0.15) is 13.2 Å². The number of carbonyl (C=O) groups excluding carboxylic acids is 3. The number of esters is 1. The molecule has 164 valence electrons. The number of hydrogen-bond acceptors (Lipinski definition) is 5. The second kappa shape index (κ2) is 11.1. The standard InChI is InChI=1S/C18H31F3N2O5/c1-8-11(3)13(23(6)17(26)27-7)15(24)22(5)14(12(4)9-2)16(25)28-10-18(19,20)21/h11-14H,8-10H2,1-7H3. The molecule has 0 aliphatic heterocycles. The maximum absolute atomic E-state index is 13.1. The van der Waals surface area contributed by atoms with Gasteiger partial charge in [0.05, 0.1) is 7.11 Å². The van der Waals surface area contributed by atoms with E-state index in [2.05, 4.69) is 9.47 Å². The molecule has 0 N–H and O–H groups in total. The highest BCUT2D eigenvalue weighted by Crippen LogP contribution is 2.23. The number of likely N-dealkylation sites (N-methyl/N-ethyl adjacent to an activating group) is 2. The van der Waals surface area contributed by atoms with Crippen LogP contribution >= 0.6 is 0 Å². The number of amides is 2. The quantitative estimate of drug-likeness (QED) is 0.544. The number of alkyl halides is 3. The lowest BCUT2D eigenvalue weighted by Gasteiger charge is -2.37. The van der Waals surface area contributed by atoms with Crippen LogP contribution in [0.2, 0.25) is 0 Å². The molecule has 4 atom stereocenters. The fraction of sp³-hybridized carbons (Fsp3) is 0.833. The Morgan fingerprint density at radius 1 is 0.929 bits per heavy atom. The molecule has 28 heavy (non-hydrogen) atoms. The summed E-state index contributed by atoms with van der Waals surface area (Å²) in [6.45, 7) is 5.26. The van der Waals surface area contributed by atoms with Gasteiger partial charge in [0.2, 0.25) is 5.91 Å². The first-order chi connectivity index (χ1) is 12.8. The molecule has 4 unspecified atom stereocenters. The summed E-state index contributed by atoms with van der Waals surface area (Å²) in [5.41, 5.74) is 0. The van der Waals surface area contributed by atoms with Gasteiger partial charge in [0.1, 0.15) is 12.1 Å². The molecule has 0 radical (unpaired) electrons. The van der Waals surface area contributed by atoms with Gasteiger partial charge >= 0.3 is 18.2 Å². The van der Waals surface area contributed by atoms with E-state index in [-0.39, 0.29) is 5.92 Å². The van der Waals surface area contributed by atoms with Crippen molar-refractivity contribution in [3.63, 3.8) is 0 Å². The number of carbonyl (C=O) groups is 3. The molecule has 10 heteroatoms. The van der Waals surface area contributed by atoms with E-state index in [4.69, 9.17) is 0 Å². The summed E-state index contributed by atoms with van der Waals surface area (Å²) in [5, 5.41) is 0. The molecule has 0 rings (SSSR count). The fourth-order valence-electron chi connectivity index (χ4n) is 2.85. The van der Waals surface area contributed by atoms with E-state index in [1.807, 2.05) is 6.92 Å². The second-order valence-corrected chi connectivity index (χ2v) is 6.91. The maximum atomic E-state index is 13.1. The lowest BCUT2D eigenvalue weighted by atomic mass is 9.93. The molecule has 0 spiro atoms. The van der Waals surface area contributed by atoms with Gasteiger partial charge in [-0.1, -0.05) is 40.5 Å². The summed E-state index contributed by atoms with van der Waals surface area (Å²) >= 11 is 0. The first-order valence-electron chi connectivity index (χ1n) is 9.13. The predicted octanol–water partition coefficient (Wildman–Crippen LogP) is 3.08. The van der Waals surface area contributed by atoms with Crippen LogP contribution in [0.3, 0.4) is 0 Å². The van der Waals surface area contributed by atoms with Crippen molar-refractivity contribution in [2.75, 3.05) is 27.8 Å². The van der Waals surface area contributed by atoms with E-state index in [0.717, 1.165) is 9.80 Å². The molecule has 0 saturated carbocycles. The number of nitrogens with zero attached hydrogens (tertiary/aromatic N) is 2. The number of halogens is 3. The van der Waals surface area contributed by atoms with Gasteiger partial charge in [-0.05, 0) is 11.8 Å². The van der Waals surface area contributed by atoms with Gasteiger partial charge in [0.25, 0.3) is 0 Å². The molecule has 0 aliphatic rings. The molecular weight excluding hydrogens is 381 g/mol. The molecule has 0 aromatic rings. The molecule has 0 aromatic heterocycles. The topological polar surface area (TPSA) is 76.2 Å². The van der Waals surface area contributed by atoms with E-state index < -0.39 is 48.8 Å². The molecule has 0 bridgehead atoms. The van der Waals surface area contributed by atoms with Crippen molar-refractivity contribution in [2.24, 2.45) is 11.8 Å². The van der Waals surface area contributed by atoms with Gasteiger partial charge in [0.15, 0.2) is 6.61 Å². The van der Waals surface area contributed by atoms with Crippen LogP contribution in [0.15, 0.2) is 0 Å². The van der Waals surface area contributed by atoms with E-state index in [1.165, 1.54) is 21.2 Å². The highest BCUT2D eigenvalue weighted by Gasteiger charge is 2.41. The molecule has 0 aliphatic carbocycles. The number of hydrogen-bond donors (Lipinski definition) is 0. The van der Waals surface area contributed by atoms with Crippen LogP contribution in [0.4, 0.5) is 18.0 Å². The summed E-state index contributed by atoms with van der Waals surface area (Å²) < 4.78 is 46.3. The van der Waals surface area contributed by atoms with Crippen LogP contribution in [0, 0.1) is 11.8 Å². The number of rotatable bonds is 9. The van der Waals surface area contributed by atoms with Gasteiger partial charge < -0.3 is 14.4 Å². The minimum Gasteiger partial charge on any atom is -0.454 e. The Kier molecular flexibility index (Phi) is 10.3. The fourth-order valence-corrected chi connectivity index (χ4v) is 2.85. The van der Waals surface area contributed by atoms with Crippen molar-refractivity contribution < 1.29 is 37.0 Å². The van der Waals surface area contributed by atoms with E-state index in [9.17, 15) is 27.6 Å². The Labute approximate surface area is 164 Å². The summed E-state index contributed by atoms with van der Waals surface area (Å²) in [5.74, 6) is -2.43. The Bertz CT molecular complexity index is 542. The van der Waals surface area contributed by atoms with E-state index in [0.29, 0.717) is 12.8 Å². The lowest BCUT2D eigenvalue weighted by Crippen LogP contribution is -2.56. The zero-order chi connectivity index (χ0) is 22.2. The molecule has 2 amide bonds. The van der Waals surface area contributed by atoms with Crippen LogP contribution < -0.4 is 0 Å². The Hall–Kier alpha value is -2.00. The minimum atomic E-state index is -4.66. The zero-order valence-corrected chi connectivity index (χ0v) is 17.5. The normalized spacial score (nSPS) is 15.8. The van der Waals surface area contributed by atoms with Gasteiger partial charge in [0, 0.05) is 14.1 Å². The molecule has 0 fully saturated rings. The van der Waals surface area contributed by atoms with Crippen molar-refractivity contribution in [3.05, 3.63) is 0 Å². The van der Waals surface area contributed by atoms with Crippen molar-refractivity contribution in [1.82, 2.24) is 9.80 Å². The van der Waals surface area contributed by atoms with Crippen LogP contribution in [-0.2, 0) is 19.1 Å². The summed E-state index contributed by atoms with van der Waals surface area (Å²) in [6, 6.07) is -2.15. The number of methoxy groups -OCH3 is 1. The average Bonchev–Trinajstić information content (AvgIpc) is 2.64. The third-order valence-electron chi connectivity index (χ3n) is 4.88. The first-order valence-corrected chi connectivity index (χ1v) is 9.13. The second-order valence-electron chi connectivity index (χ2n) is 6.91. The van der Waals surface area contributed by atoms with Gasteiger partial charge in [-0.25, -0.2) is 9.59 Å². The van der Waals surface area contributed by atoms with Gasteiger partial charge in [-0.15, -0.1) is 0 Å². The molecule has 0 saturated heterocycles. The van der Waals surface area contributed by atoms with Crippen molar-refractivity contribution >= 4 is 18.0 Å². The maximum Gasteiger partial charge on any atom is 0.422 e. The molecular formula is C18H31F3N2O5. The Morgan fingerprint density at radius 2 is 1.39 bits per heavy atom. The van der Waals surface area contributed by atoms with Gasteiger partial charge in [-0.3, -0.25) is 9.69 Å². The number of ether oxygens (including phenoxy) is 2. The highest BCUT2D eigenvalue weighted by atomic mass is 19.4. The highest BCUT2D eigenvalue weighted by molar-refractivity contribution is 5.89. The molecule has 0 heterocycles. The third kappa shape index (κ3) is 7.20. The Balaban J connectivity index is 5.73. The zero-order valence-electron chi connectivity index (χ0n) is 17.5. The average molecular weight is 412 g/mol. The summed E-state index contributed by atoms with van der Waals surface area (Å²) in [6.07, 6.45) is -4.41. The summed E-state index contributed by atoms with van der Waals surface area (Å²) in [7, 11) is 3.90. The monoisotopic (exact) mass is 412 g/mol. The largest absolute Gasteiger partial charge is 0.454 e. The Morgan fingerprint density at radius 3 is 1.79 bits per heavy atom. The van der Waals surface area contributed by atoms with Crippen molar-refractivity contribution in [1.29, 1.82) is 0 Å². The smallest absolute Gasteiger partial charge is 0.422 e. The van der Waals surface area contributed by atoms with Crippen molar-refractivity contribution in [2.45, 2.75) is 58.8 Å². The van der Waals surface area contributed by atoms with Crippen LogP contribution in [0.5, 0.6) is 0 Å². The minimum absolute atomic E-state index is 0.275. The molecule has 7 nitrogen and oxygen atoms in total.